The Morgan fingerprint density at radius 2 is 2.33 bits per heavy atom. The largest absolute Gasteiger partial charge is 0.481 e. The normalized spacial score (nSPS) is 12.4. The van der Waals surface area contributed by atoms with Gasteiger partial charge in [0.05, 0.1) is 0 Å². The van der Waals surface area contributed by atoms with Crippen molar-refractivity contribution in [2.45, 2.75) is 32.4 Å². The number of nitroso groups, excluding NO2 is 1. The van der Waals surface area contributed by atoms with Crippen molar-refractivity contribution in [3.05, 3.63) is 4.91 Å². The maximum Gasteiger partial charge on any atom is 0.303 e. The van der Waals surface area contributed by atoms with Crippen LogP contribution < -0.4 is 5.32 Å². The first-order chi connectivity index (χ1) is 5.70. The van der Waals surface area contributed by atoms with Crippen LogP contribution in [-0.2, 0) is 4.79 Å². The van der Waals surface area contributed by atoms with E-state index in [1.54, 1.807) is 0 Å². The van der Waals surface area contributed by atoms with Crippen LogP contribution in [0.25, 0.3) is 0 Å². The molecule has 70 valence electrons. The number of nitrogens with one attached hydrogen (secondary N) is 1. The van der Waals surface area contributed by atoms with Gasteiger partial charge in [-0.1, -0.05) is 12.1 Å². The number of carboxylic acids is 1. The molecule has 0 saturated heterocycles. The molecule has 5 nitrogen and oxygen atoms in total. The molecule has 0 aromatic rings. The van der Waals surface area contributed by atoms with Crippen LogP contribution in [0.3, 0.4) is 0 Å². The predicted octanol–water partition coefficient (Wildman–Crippen LogP) is 0.943. The fourth-order valence-corrected chi connectivity index (χ4v) is 0.764. The van der Waals surface area contributed by atoms with Gasteiger partial charge >= 0.3 is 5.97 Å². The van der Waals surface area contributed by atoms with Gasteiger partial charge < -0.3 is 5.11 Å². The molecule has 0 heterocycles. The quantitative estimate of drug-likeness (QED) is 0.444. The van der Waals surface area contributed by atoms with Gasteiger partial charge in [-0.05, 0) is 19.4 Å². The predicted molar refractivity (Wildman–Crippen MR) is 44.7 cm³/mol. The summed E-state index contributed by atoms with van der Waals surface area (Å²) < 4.78 is 0. The first-order valence-electron chi connectivity index (χ1n) is 3.98. The summed E-state index contributed by atoms with van der Waals surface area (Å²) in [4.78, 5) is 20.1. The Labute approximate surface area is 71.1 Å². The fraction of sp³-hybridized carbons (Fsp3) is 0.857. The van der Waals surface area contributed by atoms with E-state index in [9.17, 15) is 9.70 Å². The minimum Gasteiger partial charge on any atom is -0.481 e. The molecule has 0 saturated carbocycles. The second-order valence-corrected chi connectivity index (χ2v) is 2.48. The zero-order chi connectivity index (χ0) is 9.40. The van der Waals surface area contributed by atoms with Gasteiger partial charge in [0.15, 0.2) is 0 Å². The molecule has 0 radical (unpaired) electrons. The molecule has 0 aliphatic rings. The molecule has 5 heteroatoms. The van der Waals surface area contributed by atoms with Gasteiger partial charge in [0, 0.05) is 6.42 Å². The number of carbonyl (C=O) groups is 1. The van der Waals surface area contributed by atoms with Crippen LogP contribution in [0.15, 0.2) is 5.18 Å². The Morgan fingerprint density at radius 3 is 2.75 bits per heavy atom. The summed E-state index contributed by atoms with van der Waals surface area (Å²) in [5, 5.41) is 13.9. The van der Waals surface area contributed by atoms with E-state index >= 15 is 0 Å². The van der Waals surface area contributed by atoms with Gasteiger partial charge in [-0.15, -0.1) is 4.91 Å². The lowest BCUT2D eigenvalue weighted by Crippen LogP contribution is -2.27. The summed E-state index contributed by atoms with van der Waals surface area (Å²) in [5.41, 5.74) is 0. The highest BCUT2D eigenvalue weighted by atomic mass is 16.4. The summed E-state index contributed by atoms with van der Waals surface area (Å²) in [6.07, 6.45) is 0.916. The highest BCUT2D eigenvalue weighted by Gasteiger charge is 2.03. The van der Waals surface area contributed by atoms with E-state index < -0.39 is 5.97 Å². The maximum absolute atomic E-state index is 10.1. The molecule has 1 atom stereocenters. The van der Waals surface area contributed by atoms with E-state index in [0.29, 0.717) is 19.4 Å². The van der Waals surface area contributed by atoms with Gasteiger partial charge in [-0.2, -0.15) is 0 Å². The standard InChI is InChI=1S/C7H14N2O3/c1-2-6(9-12)8-5-3-4-7(10)11/h6,8H,2-5H2,1H3,(H,10,11). The summed E-state index contributed by atoms with van der Waals surface area (Å²) in [6, 6.07) is 0. The number of rotatable bonds is 7. The van der Waals surface area contributed by atoms with E-state index in [1.165, 1.54) is 0 Å². The lowest BCUT2D eigenvalue weighted by molar-refractivity contribution is -0.137. The molecule has 0 fully saturated rings. The molecule has 0 spiro atoms. The highest BCUT2D eigenvalue weighted by molar-refractivity contribution is 5.66. The maximum atomic E-state index is 10.1. The molecule has 0 rings (SSSR count). The van der Waals surface area contributed by atoms with Crippen LogP contribution in [0.2, 0.25) is 0 Å². The number of aliphatic carboxylic acids is 1. The number of hydrogen-bond donors (Lipinski definition) is 2. The van der Waals surface area contributed by atoms with Crippen molar-refractivity contribution in [3.63, 3.8) is 0 Å². The molecular formula is C7H14N2O3. The van der Waals surface area contributed by atoms with E-state index in [4.69, 9.17) is 5.11 Å². The zero-order valence-electron chi connectivity index (χ0n) is 7.12. The Morgan fingerprint density at radius 1 is 1.67 bits per heavy atom. The van der Waals surface area contributed by atoms with Crippen molar-refractivity contribution in [2.75, 3.05) is 6.54 Å². The average molecular weight is 174 g/mol. The third kappa shape index (κ3) is 5.79. The monoisotopic (exact) mass is 174 g/mol. The molecule has 0 amide bonds. The van der Waals surface area contributed by atoms with E-state index in [2.05, 4.69) is 10.5 Å². The zero-order valence-corrected chi connectivity index (χ0v) is 7.12. The van der Waals surface area contributed by atoms with Crippen LogP contribution in [-0.4, -0.2) is 23.8 Å². The average Bonchev–Trinajstić information content (AvgIpc) is 2.04. The van der Waals surface area contributed by atoms with Gasteiger partial charge in [0.2, 0.25) is 0 Å². The van der Waals surface area contributed by atoms with Crippen molar-refractivity contribution < 1.29 is 9.90 Å². The molecule has 2 N–H and O–H groups in total. The van der Waals surface area contributed by atoms with Crippen molar-refractivity contribution in [1.29, 1.82) is 0 Å². The SMILES string of the molecule is CCC(N=O)NCCCC(=O)O. The van der Waals surface area contributed by atoms with E-state index in [1.807, 2.05) is 6.92 Å². The van der Waals surface area contributed by atoms with Gasteiger partial charge in [-0.25, -0.2) is 0 Å². The first-order valence-corrected chi connectivity index (χ1v) is 3.98. The Balaban J connectivity index is 3.29. The molecule has 0 aromatic heterocycles. The number of nitrogens with zero attached hydrogens (tertiary/aromatic N) is 1. The second kappa shape index (κ2) is 6.72. The minimum atomic E-state index is -0.816. The lowest BCUT2D eigenvalue weighted by atomic mass is 10.3. The van der Waals surface area contributed by atoms with Crippen LogP contribution in [0.5, 0.6) is 0 Å². The highest BCUT2D eigenvalue weighted by Crippen LogP contribution is 1.93. The first kappa shape index (κ1) is 11.0. The molecule has 1 unspecified atom stereocenters. The third-order valence-electron chi connectivity index (χ3n) is 1.46. The molecule has 12 heavy (non-hydrogen) atoms. The third-order valence-corrected chi connectivity index (χ3v) is 1.46. The van der Waals surface area contributed by atoms with Crippen molar-refractivity contribution >= 4 is 5.97 Å². The number of hydrogen-bond acceptors (Lipinski definition) is 4. The van der Waals surface area contributed by atoms with Crippen LogP contribution >= 0.6 is 0 Å². The molecule has 0 bridgehead atoms. The number of carboxylic acid groups (broad SMARTS) is 1. The Kier molecular flexibility index (Phi) is 6.18. The Hall–Kier alpha value is -0.970. The second-order valence-electron chi connectivity index (χ2n) is 2.48. The minimum absolute atomic E-state index is 0.127. The van der Waals surface area contributed by atoms with E-state index in [-0.39, 0.29) is 12.6 Å². The van der Waals surface area contributed by atoms with Crippen LogP contribution in [0.4, 0.5) is 0 Å². The summed E-state index contributed by atoms with van der Waals surface area (Å²) >= 11 is 0. The topological polar surface area (TPSA) is 78.8 Å². The summed E-state index contributed by atoms with van der Waals surface area (Å²) in [6.45, 7) is 2.37. The summed E-state index contributed by atoms with van der Waals surface area (Å²) in [7, 11) is 0. The van der Waals surface area contributed by atoms with Crippen molar-refractivity contribution in [2.24, 2.45) is 5.18 Å². The van der Waals surface area contributed by atoms with Gasteiger partial charge in [0.25, 0.3) is 0 Å². The Bertz CT molecular complexity index is 150. The smallest absolute Gasteiger partial charge is 0.303 e. The van der Waals surface area contributed by atoms with Crippen LogP contribution in [0.1, 0.15) is 26.2 Å². The van der Waals surface area contributed by atoms with Crippen LogP contribution in [0, 0.1) is 4.91 Å². The molecule has 0 aliphatic heterocycles. The fourth-order valence-electron chi connectivity index (χ4n) is 0.764. The summed E-state index contributed by atoms with van der Waals surface area (Å²) in [5.74, 6) is -0.816. The van der Waals surface area contributed by atoms with Gasteiger partial charge in [-0.3, -0.25) is 10.1 Å². The van der Waals surface area contributed by atoms with Gasteiger partial charge in [0.1, 0.15) is 6.17 Å². The molecule has 0 aromatic carbocycles. The molecular weight excluding hydrogens is 160 g/mol. The van der Waals surface area contributed by atoms with Crippen molar-refractivity contribution in [1.82, 2.24) is 5.32 Å². The molecule has 0 aliphatic carbocycles. The van der Waals surface area contributed by atoms with Crippen molar-refractivity contribution in [3.8, 4) is 0 Å². The lowest BCUT2D eigenvalue weighted by Gasteiger charge is -2.06. The van der Waals surface area contributed by atoms with E-state index in [0.717, 1.165) is 0 Å².